The number of halogens is 2. The molecule has 0 aliphatic carbocycles. The summed E-state index contributed by atoms with van der Waals surface area (Å²) in [4.78, 5) is 25.6. The summed E-state index contributed by atoms with van der Waals surface area (Å²) in [6, 6.07) is 2.97. The summed E-state index contributed by atoms with van der Waals surface area (Å²) in [7, 11) is 0. The van der Waals surface area contributed by atoms with Gasteiger partial charge in [-0.2, -0.15) is 0 Å². The highest BCUT2D eigenvalue weighted by atomic mass is 35.5. The Morgan fingerprint density at radius 2 is 2.06 bits per heavy atom. The molecule has 0 saturated carbocycles. The number of carbonyl (C=O) groups excluding carboxylic acids is 1. The first-order chi connectivity index (χ1) is 17.4. The van der Waals surface area contributed by atoms with Gasteiger partial charge in [0.05, 0.1) is 29.8 Å². The van der Waals surface area contributed by atoms with Crippen molar-refractivity contribution in [2.75, 3.05) is 45.9 Å². The number of nitrogens with one attached hydrogen (secondary N) is 1. The van der Waals surface area contributed by atoms with Crippen LogP contribution < -0.4 is 5.32 Å². The molecule has 1 aromatic carbocycles. The number of ether oxygens (including phenoxy) is 2. The number of fused-ring (bicyclic) bond motifs is 1. The molecule has 2 N–H and O–H groups in total. The van der Waals surface area contributed by atoms with Gasteiger partial charge in [-0.3, -0.25) is 9.69 Å². The van der Waals surface area contributed by atoms with E-state index in [1.807, 2.05) is 6.92 Å². The molecule has 0 bridgehead atoms. The van der Waals surface area contributed by atoms with Crippen LogP contribution in [0, 0.1) is 5.82 Å². The van der Waals surface area contributed by atoms with Crippen molar-refractivity contribution in [2.45, 2.75) is 44.2 Å². The van der Waals surface area contributed by atoms with Crippen LogP contribution in [0.25, 0.3) is 0 Å². The number of hydrogen-bond acceptors (Lipinski definition) is 8. The molecule has 194 valence electrons. The Morgan fingerprint density at radius 1 is 1.31 bits per heavy atom. The van der Waals surface area contributed by atoms with Gasteiger partial charge in [0.1, 0.15) is 17.2 Å². The van der Waals surface area contributed by atoms with Crippen LogP contribution in [0.4, 0.5) is 4.39 Å². The van der Waals surface area contributed by atoms with E-state index in [9.17, 15) is 9.90 Å². The normalized spacial score (nSPS) is 24.2. The van der Waals surface area contributed by atoms with Gasteiger partial charge in [0.25, 0.3) is 5.91 Å². The lowest BCUT2D eigenvalue weighted by atomic mass is 9.88. The fourth-order valence-corrected chi connectivity index (χ4v) is 5.15. The first-order valence-corrected chi connectivity index (χ1v) is 12.8. The lowest BCUT2D eigenvalue weighted by Crippen LogP contribution is -2.49. The second kappa shape index (κ2) is 10.6. The number of aromatic nitrogens is 2. The van der Waals surface area contributed by atoms with Crippen molar-refractivity contribution in [1.29, 1.82) is 0 Å². The fourth-order valence-electron chi connectivity index (χ4n) is 5.05. The molecule has 2 saturated heterocycles. The Balaban J connectivity index is 1.48. The smallest absolute Gasteiger partial charge is 0.257 e. The van der Waals surface area contributed by atoms with Crippen LogP contribution >= 0.6 is 11.6 Å². The van der Waals surface area contributed by atoms with Gasteiger partial charge in [0.2, 0.25) is 0 Å². The number of nitrogens with zero attached hydrogens (tertiary/aromatic N) is 4. The first kappa shape index (κ1) is 25.4. The average molecular weight is 520 g/mol. The lowest BCUT2D eigenvalue weighted by molar-refractivity contribution is -0.0867. The van der Waals surface area contributed by atoms with Crippen molar-refractivity contribution >= 4 is 17.5 Å². The van der Waals surface area contributed by atoms with E-state index in [0.29, 0.717) is 49.0 Å². The van der Waals surface area contributed by atoms with Crippen LogP contribution in [0.5, 0.6) is 0 Å². The van der Waals surface area contributed by atoms with Gasteiger partial charge in [-0.25, -0.2) is 14.4 Å². The Morgan fingerprint density at radius 3 is 2.72 bits per heavy atom. The highest BCUT2D eigenvalue weighted by molar-refractivity contribution is 6.30. The zero-order valence-corrected chi connectivity index (χ0v) is 21.0. The third kappa shape index (κ3) is 5.11. The predicted octanol–water partition coefficient (Wildman–Crippen LogP) is 2.23. The van der Waals surface area contributed by atoms with Gasteiger partial charge in [-0.1, -0.05) is 18.5 Å². The summed E-state index contributed by atoms with van der Waals surface area (Å²) in [5.74, 6) is -0.610. The van der Waals surface area contributed by atoms with Crippen molar-refractivity contribution in [3.63, 3.8) is 0 Å². The molecule has 5 rings (SSSR count). The number of rotatable bonds is 8. The van der Waals surface area contributed by atoms with Crippen LogP contribution in [0.2, 0.25) is 5.02 Å². The largest absolute Gasteiger partial charge is 0.384 e. The van der Waals surface area contributed by atoms with Gasteiger partial charge in [-0.05, 0) is 30.5 Å². The standard InChI is InChI=1S/C25H31ClFN5O4/c1-2-25(34,15-31-6-4-28-5-7-31)16-9-19-22(20(27)10-16)24(36-18-3-8-35-14-18)32(23(19)33)13-21-29-11-17(26)12-30-21/h9-12,18,24,28,34H,2-8,13-15H2,1H3/t18-,24?,25?/m0/s1. The highest BCUT2D eigenvalue weighted by Crippen LogP contribution is 2.41. The second-order valence-electron chi connectivity index (χ2n) is 9.56. The van der Waals surface area contributed by atoms with Crippen LogP contribution in [0.15, 0.2) is 24.5 Å². The Hall–Kier alpha value is -2.21. The van der Waals surface area contributed by atoms with Gasteiger partial charge < -0.3 is 24.8 Å². The molecule has 2 fully saturated rings. The minimum absolute atomic E-state index is 0.0243. The quantitative estimate of drug-likeness (QED) is 0.548. The third-order valence-electron chi connectivity index (χ3n) is 7.16. The lowest BCUT2D eigenvalue weighted by Gasteiger charge is -2.36. The highest BCUT2D eigenvalue weighted by Gasteiger charge is 2.44. The van der Waals surface area contributed by atoms with Gasteiger partial charge in [-0.15, -0.1) is 0 Å². The molecule has 11 heteroatoms. The summed E-state index contributed by atoms with van der Waals surface area (Å²) < 4.78 is 27.4. The van der Waals surface area contributed by atoms with Crippen LogP contribution in [0.1, 0.15) is 53.3 Å². The molecule has 3 aliphatic rings. The van der Waals surface area contributed by atoms with E-state index in [1.54, 1.807) is 6.07 Å². The minimum atomic E-state index is -1.30. The Kier molecular flexibility index (Phi) is 7.52. The number of β-amino-alcohol motifs (C(OH)–C–C–N with tert-alkyl or cyclic N) is 1. The molecular formula is C25H31ClFN5O4. The van der Waals surface area contributed by atoms with Crippen LogP contribution in [-0.4, -0.2) is 82.8 Å². The van der Waals surface area contributed by atoms with Crippen molar-refractivity contribution in [3.05, 3.63) is 57.9 Å². The number of amides is 1. The zero-order valence-electron chi connectivity index (χ0n) is 20.3. The predicted molar refractivity (Wildman–Crippen MR) is 130 cm³/mol. The first-order valence-electron chi connectivity index (χ1n) is 12.4. The third-order valence-corrected chi connectivity index (χ3v) is 7.36. The maximum atomic E-state index is 15.8. The molecule has 2 aromatic rings. The maximum Gasteiger partial charge on any atom is 0.257 e. The van der Waals surface area contributed by atoms with E-state index in [0.717, 1.165) is 26.2 Å². The van der Waals surface area contributed by atoms with Gasteiger partial charge >= 0.3 is 0 Å². The molecule has 0 radical (unpaired) electrons. The summed E-state index contributed by atoms with van der Waals surface area (Å²) in [6.07, 6.45) is 2.73. The molecule has 3 atom stereocenters. The number of carbonyl (C=O) groups is 1. The number of hydrogen-bond donors (Lipinski definition) is 2. The monoisotopic (exact) mass is 519 g/mol. The summed E-state index contributed by atoms with van der Waals surface area (Å²) in [5.41, 5.74) is -0.545. The summed E-state index contributed by atoms with van der Waals surface area (Å²) in [6.45, 7) is 6.44. The fraction of sp³-hybridized carbons (Fsp3) is 0.560. The molecule has 4 heterocycles. The number of aliphatic hydroxyl groups is 1. The van der Waals surface area contributed by atoms with Crippen molar-refractivity contribution in [2.24, 2.45) is 0 Å². The van der Waals surface area contributed by atoms with Crippen LogP contribution in [0.3, 0.4) is 0 Å². The molecule has 9 nitrogen and oxygen atoms in total. The summed E-state index contributed by atoms with van der Waals surface area (Å²) in [5, 5.41) is 15.2. The van der Waals surface area contributed by atoms with E-state index >= 15 is 4.39 Å². The molecule has 1 amide bonds. The number of benzene rings is 1. The number of piperazine rings is 1. The van der Waals surface area contributed by atoms with E-state index < -0.39 is 23.6 Å². The SMILES string of the molecule is CCC(O)(CN1CCNCC1)c1cc(F)c2c(c1)C(=O)N(Cc1ncc(Cl)cn1)C2O[C@H]1CCOC1. The molecule has 3 aliphatic heterocycles. The Bertz CT molecular complexity index is 1090. The molecule has 0 spiro atoms. The van der Waals surface area contributed by atoms with Crippen molar-refractivity contribution in [3.8, 4) is 0 Å². The Labute approximate surface area is 214 Å². The maximum absolute atomic E-state index is 15.8. The average Bonchev–Trinajstić information content (AvgIpc) is 3.49. The van der Waals surface area contributed by atoms with E-state index in [4.69, 9.17) is 21.1 Å². The van der Waals surface area contributed by atoms with E-state index in [-0.39, 0.29) is 23.8 Å². The van der Waals surface area contributed by atoms with Crippen molar-refractivity contribution in [1.82, 2.24) is 25.1 Å². The zero-order chi connectivity index (χ0) is 25.3. The topological polar surface area (TPSA) is 100 Å². The minimum Gasteiger partial charge on any atom is -0.384 e. The molecule has 36 heavy (non-hydrogen) atoms. The second-order valence-corrected chi connectivity index (χ2v) is 9.99. The molecule has 2 unspecified atom stereocenters. The summed E-state index contributed by atoms with van der Waals surface area (Å²) >= 11 is 5.91. The van der Waals surface area contributed by atoms with Gasteiger partial charge in [0, 0.05) is 57.3 Å². The van der Waals surface area contributed by atoms with Gasteiger partial charge in [0.15, 0.2) is 6.23 Å². The van der Waals surface area contributed by atoms with Crippen LogP contribution in [-0.2, 0) is 21.6 Å². The van der Waals surface area contributed by atoms with E-state index in [2.05, 4.69) is 20.2 Å². The molecule has 1 aromatic heterocycles. The van der Waals surface area contributed by atoms with E-state index in [1.165, 1.54) is 23.4 Å². The van der Waals surface area contributed by atoms with Crippen molar-refractivity contribution < 1.29 is 23.8 Å². The molecular weight excluding hydrogens is 489 g/mol.